The number of rotatable bonds is 4. The van der Waals surface area contributed by atoms with Crippen LogP contribution in [-0.2, 0) is 9.53 Å². The average molecular weight is 343 g/mol. The van der Waals surface area contributed by atoms with E-state index >= 15 is 0 Å². The largest absolute Gasteiger partial charge is 0.452 e. The van der Waals surface area contributed by atoms with Crippen LogP contribution in [0.15, 0.2) is 36.5 Å². The molecule has 0 atom stereocenters. The molecule has 0 saturated heterocycles. The van der Waals surface area contributed by atoms with Crippen molar-refractivity contribution in [1.29, 1.82) is 0 Å². The number of halogens is 3. The van der Waals surface area contributed by atoms with Gasteiger partial charge >= 0.3 is 5.97 Å². The maximum atomic E-state index is 13.5. The summed E-state index contributed by atoms with van der Waals surface area (Å²) in [6.45, 7) is -0.578. The third-order valence-corrected chi connectivity index (χ3v) is 2.94. The fourth-order valence-electron chi connectivity index (χ4n) is 1.49. The van der Waals surface area contributed by atoms with Gasteiger partial charge in [0.1, 0.15) is 11.6 Å². The molecular formula is C14H9Cl2FN2O3. The molecular weight excluding hydrogens is 334 g/mol. The molecule has 0 unspecified atom stereocenters. The van der Waals surface area contributed by atoms with E-state index < -0.39 is 24.3 Å². The van der Waals surface area contributed by atoms with Gasteiger partial charge in [-0.3, -0.25) is 4.79 Å². The molecule has 1 aromatic heterocycles. The van der Waals surface area contributed by atoms with Crippen molar-refractivity contribution in [3.05, 3.63) is 58.0 Å². The van der Waals surface area contributed by atoms with Crippen LogP contribution >= 0.6 is 23.2 Å². The van der Waals surface area contributed by atoms with Crippen molar-refractivity contribution in [3.63, 3.8) is 0 Å². The van der Waals surface area contributed by atoms with E-state index in [1.165, 1.54) is 24.4 Å². The summed E-state index contributed by atoms with van der Waals surface area (Å²) in [6.07, 6.45) is 1.35. The number of amides is 1. The van der Waals surface area contributed by atoms with E-state index in [0.717, 1.165) is 6.07 Å². The molecule has 2 rings (SSSR count). The Hall–Kier alpha value is -2.18. The van der Waals surface area contributed by atoms with Crippen LogP contribution < -0.4 is 5.32 Å². The average Bonchev–Trinajstić information content (AvgIpc) is 2.47. The van der Waals surface area contributed by atoms with Crippen LogP contribution in [0.5, 0.6) is 0 Å². The number of hydrogen-bond donors (Lipinski definition) is 1. The molecule has 0 saturated carbocycles. The van der Waals surface area contributed by atoms with E-state index in [2.05, 4.69) is 10.3 Å². The molecule has 0 bridgehead atoms. The van der Waals surface area contributed by atoms with Crippen molar-refractivity contribution in [2.45, 2.75) is 0 Å². The molecule has 1 aromatic carbocycles. The molecule has 0 fully saturated rings. The summed E-state index contributed by atoms with van der Waals surface area (Å²) in [5.74, 6) is -2.15. The smallest absolute Gasteiger partial charge is 0.341 e. The number of ether oxygens (including phenoxy) is 1. The molecule has 8 heteroatoms. The highest BCUT2D eigenvalue weighted by Crippen LogP contribution is 2.15. The molecule has 1 heterocycles. The minimum absolute atomic E-state index is 0.153. The normalized spacial score (nSPS) is 10.1. The van der Waals surface area contributed by atoms with Crippen LogP contribution in [0.4, 0.5) is 10.2 Å². The fraction of sp³-hybridized carbons (Fsp3) is 0.0714. The van der Waals surface area contributed by atoms with Gasteiger partial charge in [0.2, 0.25) is 0 Å². The number of benzene rings is 1. The van der Waals surface area contributed by atoms with Crippen molar-refractivity contribution in [1.82, 2.24) is 4.98 Å². The summed E-state index contributed by atoms with van der Waals surface area (Å²) in [5, 5.41) is 2.97. The number of carbonyl (C=O) groups is 2. The summed E-state index contributed by atoms with van der Waals surface area (Å²) >= 11 is 11.2. The minimum atomic E-state index is -0.964. The van der Waals surface area contributed by atoms with E-state index in [0.29, 0.717) is 5.02 Å². The molecule has 5 nitrogen and oxygen atoms in total. The van der Waals surface area contributed by atoms with E-state index in [9.17, 15) is 14.0 Å². The van der Waals surface area contributed by atoms with Crippen LogP contribution in [0.25, 0.3) is 0 Å². The Labute approximate surface area is 135 Å². The standard InChI is InChI=1S/C14H9Cl2FN2O3/c15-8-1-3-10(11(17)5-8)14(21)22-7-13(20)19-12-4-2-9(16)6-18-12/h1-6H,7H2,(H,18,19,20). The highest BCUT2D eigenvalue weighted by molar-refractivity contribution is 6.30. The zero-order valence-electron chi connectivity index (χ0n) is 11.0. The summed E-state index contributed by atoms with van der Waals surface area (Å²) in [5.41, 5.74) is -0.304. The van der Waals surface area contributed by atoms with E-state index in [1.807, 2.05) is 0 Å². The molecule has 22 heavy (non-hydrogen) atoms. The van der Waals surface area contributed by atoms with Gasteiger partial charge < -0.3 is 10.1 Å². The van der Waals surface area contributed by atoms with Gasteiger partial charge in [0.15, 0.2) is 6.61 Å². The summed E-state index contributed by atoms with van der Waals surface area (Å²) in [4.78, 5) is 27.1. The highest BCUT2D eigenvalue weighted by atomic mass is 35.5. The lowest BCUT2D eigenvalue weighted by Crippen LogP contribution is -2.21. The summed E-state index contributed by atoms with van der Waals surface area (Å²) in [6, 6.07) is 6.54. The Morgan fingerprint density at radius 1 is 1.18 bits per heavy atom. The molecule has 0 radical (unpaired) electrons. The van der Waals surface area contributed by atoms with Crippen molar-refractivity contribution in [2.75, 3.05) is 11.9 Å². The van der Waals surface area contributed by atoms with Gasteiger partial charge in [-0.15, -0.1) is 0 Å². The van der Waals surface area contributed by atoms with Gasteiger partial charge in [-0.1, -0.05) is 23.2 Å². The SMILES string of the molecule is O=C(COC(=O)c1ccc(Cl)cc1F)Nc1ccc(Cl)cn1. The van der Waals surface area contributed by atoms with Crippen LogP contribution in [0.2, 0.25) is 10.0 Å². The Morgan fingerprint density at radius 2 is 1.91 bits per heavy atom. The van der Waals surface area contributed by atoms with Gasteiger partial charge in [0.25, 0.3) is 5.91 Å². The molecule has 114 valence electrons. The Bertz CT molecular complexity index is 708. The van der Waals surface area contributed by atoms with Crippen LogP contribution in [0.1, 0.15) is 10.4 Å². The molecule has 1 amide bonds. The van der Waals surface area contributed by atoms with Gasteiger partial charge in [-0.2, -0.15) is 0 Å². The number of anilines is 1. The Kier molecular flexibility index (Phi) is 5.30. The van der Waals surface area contributed by atoms with Crippen LogP contribution in [0, 0.1) is 5.82 Å². The lowest BCUT2D eigenvalue weighted by atomic mass is 10.2. The molecule has 0 spiro atoms. The summed E-state index contributed by atoms with van der Waals surface area (Å²) < 4.78 is 18.2. The zero-order valence-corrected chi connectivity index (χ0v) is 12.5. The number of aromatic nitrogens is 1. The Morgan fingerprint density at radius 3 is 2.55 bits per heavy atom. The Balaban J connectivity index is 1.90. The van der Waals surface area contributed by atoms with Gasteiger partial charge in [0.05, 0.1) is 10.6 Å². The van der Waals surface area contributed by atoms with E-state index in [1.54, 1.807) is 6.07 Å². The first-order valence-electron chi connectivity index (χ1n) is 5.99. The fourth-order valence-corrected chi connectivity index (χ4v) is 1.76. The first-order valence-corrected chi connectivity index (χ1v) is 6.75. The molecule has 2 aromatic rings. The first kappa shape index (κ1) is 16.2. The number of carbonyl (C=O) groups excluding carboxylic acids is 2. The monoisotopic (exact) mass is 342 g/mol. The third-order valence-electron chi connectivity index (χ3n) is 2.48. The zero-order chi connectivity index (χ0) is 16.1. The van der Waals surface area contributed by atoms with Crippen molar-refractivity contribution < 1.29 is 18.7 Å². The van der Waals surface area contributed by atoms with Crippen LogP contribution in [-0.4, -0.2) is 23.5 Å². The molecule has 1 N–H and O–H groups in total. The molecule has 0 aliphatic carbocycles. The van der Waals surface area contributed by atoms with Crippen molar-refractivity contribution in [3.8, 4) is 0 Å². The number of esters is 1. The minimum Gasteiger partial charge on any atom is -0.452 e. The highest BCUT2D eigenvalue weighted by Gasteiger charge is 2.15. The maximum Gasteiger partial charge on any atom is 0.341 e. The lowest BCUT2D eigenvalue weighted by Gasteiger charge is -2.07. The molecule has 0 aliphatic rings. The van der Waals surface area contributed by atoms with Crippen molar-refractivity contribution >= 4 is 40.9 Å². The lowest BCUT2D eigenvalue weighted by molar-refractivity contribution is -0.119. The predicted molar refractivity (Wildman–Crippen MR) is 79.6 cm³/mol. The third kappa shape index (κ3) is 4.41. The number of nitrogens with zero attached hydrogens (tertiary/aromatic N) is 1. The number of nitrogens with one attached hydrogen (secondary N) is 1. The molecule has 0 aliphatic heterocycles. The quantitative estimate of drug-likeness (QED) is 0.865. The van der Waals surface area contributed by atoms with E-state index in [-0.39, 0.29) is 16.4 Å². The second-order valence-electron chi connectivity index (χ2n) is 4.11. The van der Waals surface area contributed by atoms with E-state index in [4.69, 9.17) is 27.9 Å². The number of pyridine rings is 1. The van der Waals surface area contributed by atoms with Crippen LogP contribution in [0.3, 0.4) is 0 Å². The van der Waals surface area contributed by atoms with Gasteiger partial charge in [0, 0.05) is 11.2 Å². The second kappa shape index (κ2) is 7.20. The number of hydrogen-bond acceptors (Lipinski definition) is 4. The van der Waals surface area contributed by atoms with Gasteiger partial charge in [-0.25, -0.2) is 14.2 Å². The maximum absolute atomic E-state index is 13.5. The second-order valence-corrected chi connectivity index (χ2v) is 4.98. The topological polar surface area (TPSA) is 68.3 Å². The predicted octanol–water partition coefficient (Wildman–Crippen LogP) is 3.32. The summed E-state index contributed by atoms with van der Waals surface area (Å²) in [7, 11) is 0. The van der Waals surface area contributed by atoms with Crippen molar-refractivity contribution in [2.24, 2.45) is 0 Å². The first-order chi connectivity index (χ1) is 10.5. The van der Waals surface area contributed by atoms with Gasteiger partial charge in [-0.05, 0) is 30.3 Å².